The molecule has 2 aliphatic heterocycles. The summed E-state index contributed by atoms with van der Waals surface area (Å²) in [5.41, 5.74) is 3.04. The summed E-state index contributed by atoms with van der Waals surface area (Å²) >= 11 is 13.6. The maximum Gasteiger partial charge on any atom is 0.337 e. The zero-order valence-corrected chi connectivity index (χ0v) is 19.1. The van der Waals surface area contributed by atoms with Crippen molar-refractivity contribution in [2.45, 2.75) is 38.3 Å². The first-order chi connectivity index (χ1) is 15.0. The molecule has 2 aromatic carbocycles. The van der Waals surface area contributed by atoms with Crippen LogP contribution in [0.15, 0.2) is 36.4 Å². The van der Waals surface area contributed by atoms with E-state index >= 15 is 0 Å². The van der Waals surface area contributed by atoms with Gasteiger partial charge < -0.3 is 9.64 Å². The molecule has 0 bridgehead atoms. The quantitative estimate of drug-likeness (QED) is 0.548. The molecule has 0 saturated carbocycles. The Balaban J connectivity index is 1.70. The van der Waals surface area contributed by atoms with Crippen LogP contribution in [0.3, 0.4) is 0 Å². The van der Waals surface area contributed by atoms with Gasteiger partial charge in [-0.15, -0.1) is 0 Å². The molecule has 2 aliphatic rings. The van der Waals surface area contributed by atoms with Crippen LogP contribution in [0.25, 0.3) is 11.1 Å². The fourth-order valence-corrected chi connectivity index (χ4v) is 5.20. The Labute approximate surface area is 192 Å². The number of halogens is 2. The first-order valence-corrected chi connectivity index (χ1v) is 11.5. The predicted molar refractivity (Wildman–Crippen MR) is 122 cm³/mol. The number of piperidine rings is 1. The number of amides is 1. The Kier molecular flexibility index (Phi) is 6.85. The molecule has 2 heterocycles. The van der Waals surface area contributed by atoms with Crippen LogP contribution in [0.4, 0.5) is 0 Å². The van der Waals surface area contributed by atoms with E-state index in [1.807, 2.05) is 29.2 Å². The highest BCUT2D eigenvalue weighted by atomic mass is 35.5. The molecule has 0 aromatic heterocycles. The van der Waals surface area contributed by atoms with Gasteiger partial charge in [0.15, 0.2) is 0 Å². The van der Waals surface area contributed by atoms with Gasteiger partial charge in [-0.3, -0.25) is 9.69 Å². The molecule has 0 N–H and O–H groups in total. The monoisotopic (exact) mass is 460 g/mol. The number of hydrogen-bond acceptors (Lipinski definition) is 4. The molecule has 2 saturated heterocycles. The molecule has 2 aromatic rings. The molecule has 1 atom stereocenters. The van der Waals surface area contributed by atoms with Crippen molar-refractivity contribution in [3.63, 3.8) is 0 Å². The van der Waals surface area contributed by atoms with Crippen LogP contribution >= 0.6 is 23.2 Å². The van der Waals surface area contributed by atoms with Crippen molar-refractivity contribution < 1.29 is 14.3 Å². The third-order valence-electron chi connectivity index (χ3n) is 6.12. The zero-order valence-electron chi connectivity index (χ0n) is 17.6. The van der Waals surface area contributed by atoms with Crippen molar-refractivity contribution in [1.29, 1.82) is 0 Å². The van der Waals surface area contributed by atoms with Crippen LogP contribution in [-0.4, -0.2) is 48.4 Å². The van der Waals surface area contributed by atoms with Crippen molar-refractivity contribution in [1.82, 2.24) is 9.80 Å². The van der Waals surface area contributed by atoms with E-state index in [2.05, 4.69) is 4.90 Å². The van der Waals surface area contributed by atoms with E-state index in [9.17, 15) is 9.59 Å². The highest BCUT2D eigenvalue weighted by Crippen LogP contribution is 2.41. The minimum Gasteiger partial charge on any atom is -0.465 e. The highest BCUT2D eigenvalue weighted by molar-refractivity contribution is 6.36. The molecule has 1 unspecified atom stereocenters. The van der Waals surface area contributed by atoms with Crippen LogP contribution < -0.4 is 0 Å². The lowest BCUT2D eigenvalue weighted by atomic mass is 9.99. The van der Waals surface area contributed by atoms with Gasteiger partial charge in [-0.1, -0.05) is 35.3 Å². The Morgan fingerprint density at radius 2 is 1.55 bits per heavy atom. The standard InChI is InChI=1S/C24H26Cl2N2O3/c1-31-24(30)17-9-7-16(8-10-17)18-14-19(25)22(20(26)15-18)23(27-11-4-5-12-27)28-13-3-2-6-21(28)29/h7-10,14-15,23H,2-6,11-13H2,1H3. The summed E-state index contributed by atoms with van der Waals surface area (Å²) in [6.45, 7) is 2.58. The molecule has 164 valence electrons. The van der Waals surface area contributed by atoms with E-state index in [1.165, 1.54) is 7.11 Å². The van der Waals surface area contributed by atoms with Crippen LogP contribution in [0.2, 0.25) is 10.0 Å². The van der Waals surface area contributed by atoms with Gasteiger partial charge >= 0.3 is 5.97 Å². The molecular formula is C24H26Cl2N2O3. The molecule has 2 fully saturated rings. The first kappa shape index (κ1) is 22.1. The fourth-order valence-electron chi connectivity index (χ4n) is 4.52. The average molecular weight is 461 g/mol. The number of hydrogen-bond donors (Lipinski definition) is 0. The molecule has 0 aliphatic carbocycles. The van der Waals surface area contributed by atoms with Gasteiger partial charge in [-0.05, 0) is 61.1 Å². The second-order valence-electron chi connectivity index (χ2n) is 8.08. The Bertz CT molecular complexity index is 948. The molecule has 0 spiro atoms. The van der Waals surface area contributed by atoms with Gasteiger partial charge in [0, 0.05) is 41.7 Å². The SMILES string of the molecule is COC(=O)c1ccc(-c2cc(Cl)c(C(N3CCCC3)N3CCCCC3=O)c(Cl)c2)cc1. The maximum atomic E-state index is 12.8. The number of methoxy groups -OCH3 is 1. The molecule has 5 nitrogen and oxygen atoms in total. The lowest BCUT2D eigenvalue weighted by Crippen LogP contribution is -2.46. The minimum atomic E-state index is -0.377. The third-order valence-corrected chi connectivity index (χ3v) is 6.74. The van der Waals surface area contributed by atoms with E-state index < -0.39 is 0 Å². The van der Waals surface area contributed by atoms with Crippen LogP contribution in [0.1, 0.15) is 54.2 Å². The summed E-state index contributed by atoms with van der Waals surface area (Å²) < 4.78 is 4.76. The number of likely N-dealkylation sites (tertiary alicyclic amines) is 2. The summed E-state index contributed by atoms with van der Waals surface area (Å²) in [7, 11) is 1.36. The lowest BCUT2D eigenvalue weighted by Gasteiger charge is -2.40. The molecule has 7 heteroatoms. The first-order valence-electron chi connectivity index (χ1n) is 10.7. The molecule has 1 amide bonds. The Hall–Kier alpha value is -2.08. The summed E-state index contributed by atoms with van der Waals surface area (Å²) in [4.78, 5) is 28.7. The van der Waals surface area contributed by atoms with E-state index in [1.54, 1.807) is 12.1 Å². The number of nitrogens with zero attached hydrogens (tertiary/aromatic N) is 2. The largest absolute Gasteiger partial charge is 0.465 e. The van der Waals surface area contributed by atoms with Gasteiger partial charge in [0.1, 0.15) is 6.17 Å². The van der Waals surface area contributed by atoms with E-state index in [0.29, 0.717) is 22.0 Å². The van der Waals surface area contributed by atoms with Crippen molar-refractivity contribution in [3.05, 3.63) is 57.6 Å². The van der Waals surface area contributed by atoms with Crippen LogP contribution in [-0.2, 0) is 9.53 Å². The molecule has 31 heavy (non-hydrogen) atoms. The summed E-state index contributed by atoms with van der Waals surface area (Å²) in [6, 6.07) is 10.9. The van der Waals surface area contributed by atoms with Gasteiger partial charge in [-0.25, -0.2) is 4.79 Å². The summed E-state index contributed by atoms with van der Waals surface area (Å²) in [6.07, 6.45) is 4.49. The van der Waals surface area contributed by atoms with E-state index in [0.717, 1.165) is 62.0 Å². The number of esters is 1. The minimum absolute atomic E-state index is 0.165. The number of carbonyl (C=O) groups is 2. The molecular weight excluding hydrogens is 435 g/mol. The normalized spacial score (nSPS) is 18.3. The van der Waals surface area contributed by atoms with Gasteiger partial charge in [-0.2, -0.15) is 0 Å². The smallest absolute Gasteiger partial charge is 0.337 e. The summed E-state index contributed by atoms with van der Waals surface area (Å²) in [5, 5.41) is 1.10. The fraction of sp³-hybridized carbons (Fsp3) is 0.417. The second kappa shape index (κ2) is 9.60. The topological polar surface area (TPSA) is 49.9 Å². The van der Waals surface area contributed by atoms with Crippen LogP contribution in [0, 0.1) is 0 Å². The van der Waals surface area contributed by atoms with Crippen LogP contribution in [0.5, 0.6) is 0 Å². The maximum absolute atomic E-state index is 12.8. The number of benzene rings is 2. The van der Waals surface area contributed by atoms with E-state index in [4.69, 9.17) is 27.9 Å². The van der Waals surface area contributed by atoms with Crippen molar-refractivity contribution in [3.8, 4) is 11.1 Å². The Morgan fingerprint density at radius 3 is 2.13 bits per heavy atom. The lowest BCUT2D eigenvalue weighted by molar-refractivity contribution is -0.140. The Morgan fingerprint density at radius 1 is 0.935 bits per heavy atom. The predicted octanol–water partition coefficient (Wildman–Crippen LogP) is 5.55. The van der Waals surface area contributed by atoms with Crippen molar-refractivity contribution in [2.24, 2.45) is 0 Å². The highest BCUT2D eigenvalue weighted by Gasteiger charge is 2.35. The summed E-state index contributed by atoms with van der Waals surface area (Å²) in [5.74, 6) is -0.213. The number of ether oxygens (including phenoxy) is 1. The van der Waals surface area contributed by atoms with Gasteiger partial charge in [0.25, 0.3) is 0 Å². The van der Waals surface area contributed by atoms with Crippen molar-refractivity contribution >= 4 is 35.1 Å². The number of rotatable bonds is 5. The van der Waals surface area contributed by atoms with E-state index in [-0.39, 0.29) is 18.0 Å². The van der Waals surface area contributed by atoms with Gasteiger partial charge in [0.2, 0.25) is 5.91 Å². The second-order valence-corrected chi connectivity index (χ2v) is 8.90. The third kappa shape index (κ3) is 4.59. The zero-order chi connectivity index (χ0) is 22.0. The molecule has 4 rings (SSSR count). The van der Waals surface area contributed by atoms with Gasteiger partial charge in [0.05, 0.1) is 12.7 Å². The van der Waals surface area contributed by atoms with Crippen molar-refractivity contribution in [2.75, 3.05) is 26.7 Å². The number of carbonyl (C=O) groups excluding carboxylic acids is 2. The average Bonchev–Trinajstić information content (AvgIpc) is 3.31. The molecule has 0 radical (unpaired) electrons.